The highest BCUT2D eigenvalue weighted by atomic mass is 32.2. The maximum atomic E-state index is 2.36. The molecule has 1 saturated heterocycles. The van der Waals surface area contributed by atoms with Crippen LogP contribution in [0.5, 0.6) is 0 Å². The number of thioether (sulfide) groups is 1. The fourth-order valence-corrected chi connectivity index (χ4v) is 1.45. The quantitative estimate of drug-likeness (QED) is 0.447. The van der Waals surface area contributed by atoms with E-state index < -0.39 is 0 Å². The minimum Gasteiger partial charge on any atom is -0.162 e. The molecule has 35 valence electrons. The second-order valence-corrected chi connectivity index (χ2v) is 2.66. The maximum Gasteiger partial charge on any atom is -0.00362 e. The Morgan fingerprint density at radius 2 is 2.50 bits per heavy atom. The van der Waals surface area contributed by atoms with Gasteiger partial charge in [-0.3, -0.25) is 0 Å². The molecule has 0 aliphatic carbocycles. The molecule has 1 aliphatic heterocycles. The minimum absolute atomic E-state index is 1.29. The van der Waals surface area contributed by atoms with Crippen molar-refractivity contribution in [3.63, 3.8) is 0 Å². The molecule has 0 unspecified atom stereocenters. The average molecular weight is 101 g/mol. The van der Waals surface area contributed by atoms with Crippen LogP contribution in [-0.4, -0.2) is 11.5 Å². The zero-order valence-electron chi connectivity index (χ0n) is 3.81. The lowest BCUT2D eigenvalue weighted by molar-refractivity contribution is 0.895. The van der Waals surface area contributed by atoms with E-state index in [0.29, 0.717) is 0 Å². The van der Waals surface area contributed by atoms with Crippen LogP contribution in [0.25, 0.3) is 0 Å². The zero-order chi connectivity index (χ0) is 4.24. The van der Waals surface area contributed by atoms with Crippen LogP contribution in [0.15, 0.2) is 0 Å². The number of hydrogen-bond acceptors (Lipinski definition) is 1. The predicted molar refractivity (Wildman–Crippen MR) is 30.9 cm³/mol. The normalized spacial score (nSPS) is 24.0. The Labute approximate surface area is 43.3 Å². The monoisotopic (exact) mass is 101 g/mol. The Hall–Kier alpha value is 0.350. The van der Waals surface area contributed by atoms with Crippen LogP contribution in [-0.2, 0) is 0 Å². The van der Waals surface area contributed by atoms with Gasteiger partial charge in [0, 0.05) is 0 Å². The fourth-order valence-electron chi connectivity index (χ4n) is 0.580. The van der Waals surface area contributed by atoms with Gasteiger partial charge in [-0.05, 0) is 30.8 Å². The number of hydrogen-bond donors (Lipinski definition) is 0. The lowest BCUT2D eigenvalue weighted by Gasteiger charge is -2.05. The van der Waals surface area contributed by atoms with Crippen molar-refractivity contribution in [1.82, 2.24) is 0 Å². The van der Waals surface area contributed by atoms with Gasteiger partial charge < -0.3 is 0 Å². The molecule has 0 aromatic heterocycles. The predicted octanol–water partition coefficient (Wildman–Crippen LogP) is 1.72. The summed E-state index contributed by atoms with van der Waals surface area (Å²) in [6, 6.07) is 0. The van der Waals surface area contributed by atoms with Gasteiger partial charge in [0.1, 0.15) is 0 Å². The SMILES string of the molecule is [CH]1CCCSC1. The van der Waals surface area contributed by atoms with E-state index in [4.69, 9.17) is 0 Å². The zero-order valence-corrected chi connectivity index (χ0v) is 4.63. The molecule has 0 nitrogen and oxygen atoms in total. The third kappa shape index (κ3) is 1.21. The van der Waals surface area contributed by atoms with Crippen molar-refractivity contribution in [2.75, 3.05) is 11.5 Å². The highest BCUT2D eigenvalue weighted by Gasteiger charge is 1.96. The highest BCUT2D eigenvalue weighted by Crippen LogP contribution is 2.13. The molecule has 0 aromatic rings. The van der Waals surface area contributed by atoms with Gasteiger partial charge in [-0.2, -0.15) is 11.8 Å². The van der Waals surface area contributed by atoms with Crippen LogP contribution in [0.2, 0.25) is 0 Å². The third-order valence-electron chi connectivity index (χ3n) is 0.933. The first-order valence-electron chi connectivity index (χ1n) is 2.39. The Morgan fingerprint density at radius 3 is 2.67 bits per heavy atom. The molecule has 1 radical (unpaired) electrons. The lowest BCUT2D eigenvalue weighted by Crippen LogP contribution is -1.92. The molecule has 0 atom stereocenters. The molecule has 1 heteroatoms. The second-order valence-electron chi connectivity index (χ2n) is 1.51. The molecule has 0 N–H and O–H groups in total. The van der Waals surface area contributed by atoms with Gasteiger partial charge >= 0.3 is 0 Å². The molecule has 1 aliphatic rings. The second kappa shape index (κ2) is 2.51. The summed E-state index contributed by atoms with van der Waals surface area (Å²) in [6.07, 6.45) is 5.12. The third-order valence-corrected chi connectivity index (χ3v) is 1.98. The smallest absolute Gasteiger partial charge is 0.00362 e. The van der Waals surface area contributed by atoms with E-state index >= 15 is 0 Å². The van der Waals surface area contributed by atoms with Crippen LogP contribution < -0.4 is 0 Å². The summed E-state index contributed by atoms with van der Waals surface area (Å²) in [5.41, 5.74) is 0. The summed E-state index contributed by atoms with van der Waals surface area (Å²) in [4.78, 5) is 0. The van der Waals surface area contributed by atoms with Crippen LogP contribution in [0, 0.1) is 6.42 Å². The van der Waals surface area contributed by atoms with Crippen molar-refractivity contribution in [3.05, 3.63) is 6.42 Å². The first kappa shape index (κ1) is 4.51. The summed E-state index contributed by atoms with van der Waals surface area (Å²) < 4.78 is 0. The van der Waals surface area contributed by atoms with Gasteiger partial charge in [0.25, 0.3) is 0 Å². The van der Waals surface area contributed by atoms with Crippen molar-refractivity contribution in [3.8, 4) is 0 Å². The molecule has 0 bridgehead atoms. The molecule has 0 aromatic carbocycles. The Bertz CT molecular complexity index is 19.4. The molecular weight excluding hydrogens is 92.1 g/mol. The van der Waals surface area contributed by atoms with E-state index in [2.05, 4.69) is 6.42 Å². The standard InChI is InChI=1S/C5H9S/c1-2-4-6-5-3-1/h2H,1,3-5H2. The first-order chi connectivity index (χ1) is 3.00. The van der Waals surface area contributed by atoms with E-state index in [0.717, 1.165) is 0 Å². The van der Waals surface area contributed by atoms with Gasteiger partial charge in [0.2, 0.25) is 0 Å². The van der Waals surface area contributed by atoms with E-state index in [1.165, 1.54) is 24.3 Å². The Kier molecular flexibility index (Phi) is 1.89. The van der Waals surface area contributed by atoms with Gasteiger partial charge in [0.05, 0.1) is 0 Å². The van der Waals surface area contributed by atoms with Gasteiger partial charge in [-0.15, -0.1) is 0 Å². The van der Waals surface area contributed by atoms with Crippen LogP contribution in [0.4, 0.5) is 0 Å². The summed E-state index contributed by atoms with van der Waals surface area (Å²) in [5, 5.41) is 0. The lowest BCUT2D eigenvalue weighted by atomic mass is 10.3. The molecular formula is C5H9S. The van der Waals surface area contributed by atoms with E-state index in [9.17, 15) is 0 Å². The maximum absolute atomic E-state index is 2.36. The van der Waals surface area contributed by atoms with E-state index in [1.807, 2.05) is 11.8 Å². The molecule has 1 rings (SSSR count). The van der Waals surface area contributed by atoms with E-state index in [1.54, 1.807) is 0 Å². The first-order valence-corrected chi connectivity index (χ1v) is 3.55. The highest BCUT2D eigenvalue weighted by molar-refractivity contribution is 7.99. The van der Waals surface area contributed by atoms with Gasteiger partial charge in [-0.25, -0.2) is 0 Å². The summed E-state index contributed by atoms with van der Waals surface area (Å²) in [7, 11) is 0. The molecule has 1 heterocycles. The summed E-state index contributed by atoms with van der Waals surface area (Å²) in [5.74, 6) is 2.68. The van der Waals surface area contributed by atoms with Crippen molar-refractivity contribution in [2.24, 2.45) is 0 Å². The average Bonchev–Trinajstić information content (AvgIpc) is 1.72. The molecule has 1 fully saturated rings. The topological polar surface area (TPSA) is 0 Å². The molecule has 0 spiro atoms. The summed E-state index contributed by atoms with van der Waals surface area (Å²) >= 11 is 2.04. The largest absolute Gasteiger partial charge is 0.162 e. The van der Waals surface area contributed by atoms with Crippen LogP contribution in [0.1, 0.15) is 12.8 Å². The van der Waals surface area contributed by atoms with Crippen molar-refractivity contribution >= 4 is 11.8 Å². The van der Waals surface area contributed by atoms with Crippen LogP contribution >= 0.6 is 11.8 Å². The van der Waals surface area contributed by atoms with E-state index in [-0.39, 0.29) is 0 Å². The Morgan fingerprint density at radius 1 is 1.50 bits per heavy atom. The Balaban J connectivity index is 2.00. The van der Waals surface area contributed by atoms with Crippen molar-refractivity contribution in [2.45, 2.75) is 12.8 Å². The minimum atomic E-state index is 1.29. The van der Waals surface area contributed by atoms with Crippen molar-refractivity contribution < 1.29 is 0 Å². The number of rotatable bonds is 0. The van der Waals surface area contributed by atoms with Gasteiger partial charge in [0.15, 0.2) is 0 Å². The van der Waals surface area contributed by atoms with Crippen LogP contribution in [0.3, 0.4) is 0 Å². The fraction of sp³-hybridized carbons (Fsp3) is 0.800. The van der Waals surface area contributed by atoms with Crippen molar-refractivity contribution in [1.29, 1.82) is 0 Å². The molecule has 0 amide bonds. The molecule has 6 heavy (non-hydrogen) atoms. The summed E-state index contributed by atoms with van der Waals surface area (Å²) in [6.45, 7) is 0. The molecule has 0 saturated carbocycles. The van der Waals surface area contributed by atoms with Gasteiger partial charge in [-0.1, -0.05) is 0 Å².